The van der Waals surface area contributed by atoms with Gasteiger partial charge in [-0.1, -0.05) is 12.1 Å². The van der Waals surface area contributed by atoms with E-state index in [-0.39, 0.29) is 5.91 Å². The van der Waals surface area contributed by atoms with Crippen LogP contribution in [0.5, 0.6) is 0 Å². The molecule has 25 heavy (non-hydrogen) atoms. The molecule has 0 bridgehead atoms. The minimum Gasteiger partial charge on any atom is -0.366 e. The molecule has 0 saturated heterocycles. The van der Waals surface area contributed by atoms with Crippen molar-refractivity contribution in [2.24, 2.45) is 0 Å². The topological polar surface area (TPSA) is 79.8 Å². The first-order chi connectivity index (χ1) is 12.1. The van der Waals surface area contributed by atoms with Crippen molar-refractivity contribution in [3.63, 3.8) is 0 Å². The Labute approximate surface area is 146 Å². The van der Waals surface area contributed by atoms with Crippen LogP contribution in [0.4, 0.5) is 11.5 Å². The zero-order valence-corrected chi connectivity index (χ0v) is 14.2. The Morgan fingerprint density at radius 1 is 1.04 bits per heavy atom. The Morgan fingerprint density at radius 3 is 2.64 bits per heavy atom. The molecule has 6 nitrogen and oxygen atoms in total. The van der Waals surface area contributed by atoms with Gasteiger partial charge in [0.2, 0.25) is 0 Å². The smallest absolute Gasteiger partial charge is 0.274 e. The summed E-state index contributed by atoms with van der Waals surface area (Å²) in [4.78, 5) is 24.7. The minimum atomic E-state index is -0.261. The number of benzene rings is 1. The molecular formula is C19H19N5O. The van der Waals surface area contributed by atoms with Gasteiger partial charge >= 0.3 is 0 Å². The molecule has 1 aromatic carbocycles. The summed E-state index contributed by atoms with van der Waals surface area (Å²) in [6, 6.07) is 11.4. The van der Waals surface area contributed by atoms with Crippen molar-refractivity contribution < 1.29 is 4.79 Å². The molecule has 1 amide bonds. The predicted molar refractivity (Wildman–Crippen MR) is 97.5 cm³/mol. The van der Waals surface area contributed by atoms with E-state index in [1.807, 2.05) is 44.2 Å². The number of aromatic nitrogens is 3. The van der Waals surface area contributed by atoms with Gasteiger partial charge < -0.3 is 10.6 Å². The maximum Gasteiger partial charge on any atom is 0.274 e. The van der Waals surface area contributed by atoms with Gasteiger partial charge in [0.1, 0.15) is 17.8 Å². The zero-order valence-electron chi connectivity index (χ0n) is 14.2. The van der Waals surface area contributed by atoms with Crippen LogP contribution in [0.15, 0.2) is 55.1 Å². The maximum atomic E-state index is 12.5. The average molecular weight is 333 g/mol. The van der Waals surface area contributed by atoms with Crippen molar-refractivity contribution in [3.8, 4) is 0 Å². The predicted octanol–water partition coefficient (Wildman–Crippen LogP) is 3.35. The summed E-state index contributed by atoms with van der Waals surface area (Å²) in [5.74, 6) is 0.334. The van der Waals surface area contributed by atoms with Gasteiger partial charge in [-0.15, -0.1) is 0 Å². The van der Waals surface area contributed by atoms with E-state index in [1.54, 1.807) is 18.5 Å². The van der Waals surface area contributed by atoms with Crippen LogP contribution in [-0.4, -0.2) is 20.9 Å². The van der Waals surface area contributed by atoms with E-state index >= 15 is 0 Å². The van der Waals surface area contributed by atoms with Crippen molar-refractivity contribution in [2.45, 2.75) is 20.4 Å². The molecule has 0 atom stereocenters. The normalized spacial score (nSPS) is 10.3. The highest BCUT2D eigenvalue weighted by Gasteiger charge is 2.10. The van der Waals surface area contributed by atoms with Crippen LogP contribution in [0, 0.1) is 13.8 Å². The maximum absolute atomic E-state index is 12.5. The highest BCUT2D eigenvalue weighted by atomic mass is 16.1. The molecule has 3 rings (SSSR count). The molecular weight excluding hydrogens is 314 g/mol. The summed E-state index contributed by atoms with van der Waals surface area (Å²) >= 11 is 0. The third-order valence-electron chi connectivity index (χ3n) is 3.76. The van der Waals surface area contributed by atoms with E-state index in [2.05, 4.69) is 25.6 Å². The fraction of sp³-hybridized carbons (Fsp3) is 0.158. The molecule has 0 aliphatic carbocycles. The van der Waals surface area contributed by atoms with Crippen LogP contribution in [0.2, 0.25) is 0 Å². The summed E-state index contributed by atoms with van der Waals surface area (Å²) in [5, 5.41) is 6.08. The minimum absolute atomic E-state index is 0.261. The lowest BCUT2D eigenvalue weighted by atomic mass is 10.1. The first kappa shape index (κ1) is 16.6. The third-order valence-corrected chi connectivity index (χ3v) is 3.76. The number of carbonyl (C=O) groups is 1. The largest absolute Gasteiger partial charge is 0.366 e. The van der Waals surface area contributed by atoms with E-state index in [0.717, 1.165) is 22.4 Å². The average Bonchev–Trinajstić information content (AvgIpc) is 2.64. The van der Waals surface area contributed by atoms with E-state index in [4.69, 9.17) is 0 Å². The lowest BCUT2D eigenvalue weighted by Crippen LogP contribution is -2.15. The Morgan fingerprint density at radius 2 is 1.84 bits per heavy atom. The first-order valence-corrected chi connectivity index (χ1v) is 7.95. The van der Waals surface area contributed by atoms with Gasteiger partial charge in [0.25, 0.3) is 5.91 Å². The van der Waals surface area contributed by atoms with Gasteiger partial charge in [-0.2, -0.15) is 0 Å². The summed E-state index contributed by atoms with van der Waals surface area (Å²) < 4.78 is 0. The van der Waals surface area contributed by atoms with Crippen molar-refractivity contribution in [3.05, 3.63) is 77.5 Å². The van der Waals surface area contributed by atoms with Crippen molar-refractivity contribution >= 4 is 17.4 Å². The Kier molecular flexibility index (Phi) is 4.99. The molecule has 0 saturated carbocycles. The zero-order chi connectivity index (χ0) is 17.6. The number of aryl methyl sites for hydroxylation is 2. The monoisotopic (exact) mass is 333 g/mol. The molecule has 0 fully saturated rings. The van der Waals surface area contributed by atoms with Crippen molar-refractivity contribution in [1.29, 1.82) is 0 Å². The number of pyridine rings is 1. The first-order valence-electron chi connectivity index (χ1n) is 7.95. The molecule has 0 radical (unpaired) electrons. The quantitative estimate of drug-likeness (QED) is 0.748. The van der Waals surface area contributed by atoms with Crippen LogP contribution in [0.1, 0.15) is 27.2 Å². The second-order valence-electron chi connectivity index (χ2n) is 5.77. The summed E-state index contributed by atoms with van der Waals surface area (Å²) in [6.07, 6.45) is 4.85. The third kappa shape index (κ3) is 4.38. The van der Waals surface area contributed by atoms with Crippen LogP contribution in [0.3, 0.4) is 0 Å². The molecule has 6 heteroatoms. The van der Waals surface area contributed by atoms with E-state index in [1.165, 1.54) is 6.33 Å². The van der Waals surface area contributed by atoms with E-state index in [0.29, 0.717) is 18.1 Å². The molecule has 2 N–H and O–H groups in total. The summed E-state index contributed by atoms with van der Waals surface area (Å²) in [6.45, 7) is 4.54. The number of amides is 1. The Hall–Kier alpha value is -3.28. The standard InChI is InChI=1S/C19H19N5O/c1-13-3-4-14(2)16(9-13)24-19(25)17-10-18(23-12-22-17)21-11-15-5-7-20-8-6-15/h3-10,12H,11H2,1-2H3,(H,24,25)(H,21,22,23). The molecule has 2 heterocycles. The lowest BCUT2D eigenvalue weighted by Gasteiger charge is -2.10. The van der Waals surface area contributed by atoms with Crippen LogP contribution >= 0.6 is 0 Å². The van der Waals surface area contributed by atoms with E-state index < -0.39 is 0 Å². The molecule has 126 valence electrons. The van der Waals surface area contributed by atoms with Gasteiger partial charge in [0.05, 0.1) is 0 Å². The second-order valence-corrected chi connectivity index (χ2v) is 5.77. The van der Waals surface area contributed by atoms with Gasteiger partial charge in [-0.05, 0) is 48.7 Å². The van der Waals surface area contributed by atoms with Gasteiger partial charge in [0.15, 0.2) is 0 Å². The molecule has 0 unspecified atom stereocenters. The number of anilines is 2. The number of hydrogen-bond acceptors (Lipinski definition) is 5. The number of nitrogens with zero attached hydrogens (tertiary/aromatic N) is 3. The summed E-state index contributed by atoms with van der Waals surface area (Å²) in [5.41, 5.74) is 4.27. The number of rotatable bonds is 5. The van der Waals surface area contributed by atoms with Gasteiger partial charge in [-0.25, -0.2) is 9.97 Å². The lowest BCUT2D eigenvalue weighted by molar-refractivity contribution is 0.102. The number of carbonyl (C=O) groups excluding carboxylic acids is 1. The fourth-order valence-electron chi connectivity index (χ4n) is 2.33. The Bertz CT molecular complexity index is 880. The van der Waals surface area contributed by atoms with E-state index in [9.17, 15) is 4.79 Å². The van der Waals surface area contributed by atoms with Gasteiger partial charge in [-0.3, -0.25) is 9.78 Å². The highest BCUT2D eigenvalue weighted by Crippen LogP contribution is 2.17. The molecule has 3 aromatic rings. The number of hydrogen-bond donors (Lipinski definition) is 2. The van der Waals surface area contributed by atoms with Crippen molar-refractivity contribution in [2.75, 3.05) is 10.6 Å². The SMILES string of the molecule is Cc1ccc(C)c(NC(=O)c2cc(NCc3ccncc3)ncn2)c1. The van der Waals surface area contributed by atoms with Crippen LogP contribution in [-0.2, 0) is 6.54 Å². The number of nitrogens with one attached hydrogen (secondary N) is 2. The fourth-order valence-corrected chi connectivity index (χ4v) is 2.33. The second kappa shape index (κ2) is 7.53. The van der Waals surface area contributed by atoms with Crippen molar-refractivity contribution in [1.82, 2.24) is 15.0 Å². The Balaban J connectivity index is 1.70. The highest BCUT2D eigenvalue weighted by molar-refractivity contribution is 6.03. The molecule has 2 aromatic heterocycles. The molecule has 0 aliphatic rings. The summed E-state index contributed by atoms with van der Waals surface area (Å²) in [7, 11) is 0. The van der Waals surface area contributed by atoms with Crippen LogP contribution in [0.25, 0.3) is 0 Å². The van der Waals surface area contributed by atoms with Gasteiger partial charge in [0, 0.05) is 30.7 Å². The molecule has 0 spiro atoms. The molecule has 0 aliphatic heterocycles. The van der Waals surface area contributed by atoms with Crippen LogP contribution < -0.4 is 10.6 Å².